The molecular weight excluding hydrogens is 278 g/mol. The van der Waals surface area contributed by atoms with Crippen molar-refractivity contribution < 1.29 is 14.3 Å². The van der Waals surface area contributed by atoms with Crippen molar-refractivity contribution in [3.63, 3.8) is 0 Å². The van der Waals surface area contributed by atoms with Crippen molar-refractivity contribution in [1.29, 1.82) is 0 Å². The zero-order valence-electron chi connectivity index (χ0n) is 13.3. The van der Waals surface area contributed by atoms with E-state index in [2.05, 4.69) is 5.32 Å². The number of ether oxygens (including phenoxy) is 1. The number of hydrogen-bond acceptors (Lipinski definition) is 3. The molecule has 4 heteroatoms. The van der Waals surface area contributed by atoms with Crippen LogP contribution in [0.15, 0.2) is 24.3 Å². The quantitative estimate of drug-likeness (QED) is 0.803. The number of anilines is 1. The van der Waals surface area contributed by atoms with Gasteiger partial charge in [-0.3, -0.25) is 4.79 Å². The molecule has 1 amide bonds. The smallest absolute Gasteiger partial charge is 0.338 e. The second-order valence-electron chi connectivity index (χ2n) is 5.89. The number of carbonyl (C=O) groups is 2. The van der Waals surface area contributed by atoms with E-state index in [9.17, 15) is 9.59 Å². The average molecular weight is 303 g/mol. The van der Waals surface area contributed by atoms with Crippen LogP contribution in [0.1, 0.15) is 62.2 Å². The van der Waals surface area contributed by atoms with Crippen molar-refractivity contribution in [1.82, 2.24) is 0 Å². The van der Waals surface area contributed by atoms with Gasteiger partial charge in [0.15, 0.2) is 0 Å². The fourth-order valence-electron chi connectivity index (χ4n) is 2.97. The Balaban J connectivity index is 1.83. The molecule has 0 heterocycles. The second-order valence-corrected chi connectivity index (χ2v) is 5.89. The number of amides is 1. The first-order valence-electron chi connectivity index (χ1n) is 8.26. The Kier molecular flexibility index (Phi) is 6.44. The van der Waals surface area contributed by atoms with Gasteiger partial charge in [0.25, 0.3) is 0 Å². The highest BCUT2D eigenvalue weighted by Gasteiger charge is 2.15. The predicted octanol–water partition coefficient (Wildman–Crippen LogP) is 4.16. The van der Waals surface area contributed by atoms with E-state index in [1.54, 1.807) is 31.2 Å². The topological polar surface area (TPSA) is 55.4 Å². The molecule has 0 aromatic heterocycles. The largest absolute Gasteiger partial charge is 0.462 e. The zero-order chi connectivity index (χ0) is 15.8. The van der Waals surface area contributed by atoms with Crippen LogP contribution in [0.4, 0.5) is 5.69 Å². The molecule has 0 atom stereocenters. The molecule has 1 fully saturated rings. The van der Waals surface area contributed by atoms with E-state index >= 15 is 0 Å². The lowest BCUT2D eigenvalue weighted by molar-refractivity contribution is -0.116. The van der Waals surface area contributed by atoms with Gasteiger partial charge in [-0.1, -0.05) is 38.2 Å². The van der Waals surface area contributed by atoms with Gasteiger partial charge < -0.3 is 10.1 Å². The normalized spacial score (nSPS) is 15.3. The van der Waals surface area contributed by atoms with Crippen molar-refractivity contribution >= 4 is 17.6 Å². The van der Waals surface area contributed by atoms with Crippen LogP contribution in [-0.2, 0) is 9.53 Å². The number of carbonyl (C=O) groups excluding carboxylic acids is 2. The minimum Gasteiger partial charge on any atom is -0.462 e. The average Bonchev–Trinajstić information content (AvgIpc) is 2.54. The summed E-state index contributed by atoms with van der Waals surface area (Å²) in [5.41, 5.74) is 1.12. The number of benzene rings is 1. The third kappa shape index (κ3) is 5.17. The van der Waals surface area contributed by atoms with Crippen LogP contribution in [0.2, 0.25) is 0 Å². The minimum absolute atomic E-state index is 0.0200. The fourth-order valence-corrected chi connectivity index (χ4v) is 2.97. The summed E-state index contributed by atoms with van der Waals surface area (Å²) in [6.45, 7) is 2.12. The van der Waals surface area contributed by atoms with E-state index < -0.39 is 0 Å². The SMILES string of the molecule is CCOC(=O)c1cccc(NC(=O)CCC2CCCCC2)c1. The van der Waals surface area contributed by atoms with Gasteiger partial charge in [-0.25, -0.2) is 4.79 Å². The molecular formula is C18H25NO3. The summed E-state index contributed by atoms with van der Waals surface area (Å²) in [5, 5.41) is 2.87. The van der Waals surface area contributed by atoms with Gasteiger partial charge in [0.2, 0.25) is 5.91 Å². The van der Waals surface area contributed by atoms with Crippen LogP contribution in [0, 0.1) is 5.92 Å². The highest BCUT2D eigenvalue weighted by molar-refractivity contribution is 5.94. The lowest BCUT2D eigenvalue weighted by atomic mass is 9.86. The Hall–Kier alpha value is -1.84. The number of esters is 1. The van der Waals surface area contributed by atoms with Crippen molar-refractivity contribution in [2.24, 2.45) is 5.92 Å². The molecule has 0 radical (unpaired) electrons. The molecule has 0 aliphatic heterocycles. The molecule has 1 saturated carbocycles. The molecule has 4 nitrogen and oxygen atoms in total. The van der Waals surface area contributed by atoms with Crippen LogP contribution in [0.25, 0.3) is 0 Å². The molecule has 0 unspecified atom stereocenters. The van der Waals surface area contributed by atoms with E-state index in [0.29, 0.717) is 30.2 Å². The fraction of sp³-hybridized carbons (Fsp3) is 0.556. The molecule has 1 aromatic rings. The van der Waals surface area contributed by atoms with Gasteiger partial charge in [0, 0.05) is 12.1 Å². The summed E-state index contributed by atoms with van der Waals surface area (Å²) in [5.74, 6) is 0.359. The van der Waals surface area contributed by atoms with Crippen molar-refractivity contribution in [3.8, 4) is 0 Å². The lowest BCUT2D eigenvalue weighted by Crippen LogP contribution is -2.15. The maximum Gasteiger partial charge on any atom is 0.338 e. The Labute approximate surface area is 132 Å². The highest BCUT2D eigenvalue weighted by atomic mass is 16.5. The first-order valence-corrected chi connectivity index (χ1v) is 8.26. The summed E-state index contributed by atoms with van der Waals surface area (Å²) in [6.07, 6.45) is 7.96. The van der Waals surface area contributed by atoms with E-state index in [4.69, 9.17) is 4.74 Å². The minimum atomic E-state index is -0.360. The molecule has 0 spiro atoms. The van der Waals surface area contributed by atoms with Crippen LogP contribution >= 0.6 is 0 Å². The van der Waals surface area contributed by atoms with Crippen molar-refractivity contribution in [2.45, 2.75) is 51.9 Å². The molecule has 2 rings (SSSR count). The molecule has 0 bridgehead atoms. The van der Waals surface area contributed by atoms with Crippen LogP contribution in [0.5, 0.6) is 0 Å². The van der Waals surface area contributed by atoms with Gasteiger partial charge in [-0.2, -0.15) is 0 Å². The Morgan fingerprint density at radius 2 is 2.00 bits per heavy atom. The zero-order valence-corrected chi connectivity index (χ0v) is 13.3. The summed E-state index contributed by atoms with van der Waals surface area (Å²) in [7, 11) is 0. The standard InChI is InChI=1S/C18H25NO3/c1-2-22-18(21)15-9-6-10-16(13-15)19-17(20)12-11-14-7-4-3-5-8-14/h6,9-10,13-14H,2-5,7-8,11-12H2,1H3,(H,19,20). The molecule has 1 N–H and O–H groups in total. The third-order valence-corrected chi connectivity index (χ3v) is 4.16. The monoisotopic (exact) mass is 303 g/mol. The summed E-state index contributed by atoms with van der Waals surface area (Å²) >= 11 is 0. The third-order valence-electron chi connectivity index (χ3n) is 4.16. The molecule has 120 valence electrons. The molecule has 22 heavy (non-hydrogen) atoms. The van der Waals surface area contributed by atoms with Gasteiger partial charge in [0.1, 0.15) is 0 Å². The van der Waals surface area contributed by atoms with Crippen LogP contribution in [-0.4, -0.2) is 18.5 Å². The van der Waals surface area contributed by atoms with E-state index in [-0.39, 0.29) is 11.9 Å². The molecule has 1 aromatic carbocycles. The van der Waals surface area contributed by atoms with Crippen molar-refractivity contribution in [2.75, 3.05) is 11.9 Å². The van der Waals surface area contributed by atoms with Gasteiger partial charge in [0.05, 0.1) is 12.2 Å². The number of rotatable bonds is 6. The van der Waals surface area contributed by atoms with Gasteiger partial charge in [-0.05, 0) is 37.5 Å². The summed E-state index contributed by atoms with van der Waals surface area (Å²) < 4.78 is 4.96. The van der Waals surface area contributed by atoms with E-state index in [1.165, 1.54) is 32.1 Å². The lowest BCUT2D eigenvalue weighted by Gasteiger charge is -2.21. The Bertz CT molecular complexity index is 507. The van der Waals surface area contributed by atoms with Gasteiger partial charge >= 0.3 is 5.97 Å². The Morgan fingerprint density at radius 1 is 1.23 bits per heavy atom. The van der Waals surface area contributed by atoms with Crippen molar-refractivity contribution in [3.05, 3.63) is 29.8 Å². The second kappa shape index (κ2) is 8.57. The number of nitrogens with one attached hydrogen (secondary N) is 1. The maximum absolute atomic E-state index is 12.0. The van der Waals surface area contributed by atoms with E-state index in [1.807, 2.05) is 0 Å². The molecule has 1 aliphatic carbocycles. The highest BCUT2D eigenvalue weighted by Crippen LogP contribution is 2.27. The number of hydrogen-bond donors (Lipinski definition) is 1. The Morgan fingerprint density at radius 3 is 2.73 bits per heavy atom. The summed E-state index contributed by atoms with van der Waals surface area (Å²) in [4.78, 5) is 23.7. The van der Waals surface area contributed by atoms with Crippen LogP contribution in [0.3, 0.4) is 0 Å². The molecule has 1 aliphatic rings. The van der Waals surface area contributed by atoms with Crippen LogP contribution < -0.4 is 5.32 Å². The first-order chi connectivity index (χ1) is 10.7. The van der Waals surface area contributed by atoms with Gasteiger partial charge in [-0.15, -0.1) is 0 Å². The molecule has 0 saturated heterocycles. The maximum atomic E-state index is 12.0. The van der Waals surface area contributed by atoms with E-state index in [0.717, 1.165) is 6.42 Å². The summed E-state index contributed by atoms with van der Waals surface area (Å²) in [6, 6.07) is 6.90. The predicted molar refractivity (Wildman–Crippen MR) is 86.8 cm³/mol. The first kappa shape index (κ1) is 16.5.